The van der Waals surface area contributed by atoms with E-state index in [1.54, 1.807) is 17.4 Å². The van der Waals surface area contributed by atoms with E-state index in [0.29, 0.717) is 36.1 Å². The van der Waals surface area contributed by atoms with Gasteiger partial charge in [-0.25, -0.2) is 0 Å². The van der Waals surface area contributed by atoms with Gasteiger partial charge in [0.05, 0.1) is 11.1 Å². The minimum Gasteiger partial charge on any atom is -0.466 e. The lowest BCUT2D eigenvalue weighted by Crippen LogP contribution is -2.28. The summed E-state index contributed by atoms with van der Waals surface area (Å²) in [5, 5.41) is 8.06. The largest absolute Gasteiger partial charge is 0.466 e. The Hall–Kier alpha value is -2.41. The molecule has 3 aromatic rings. The molecule has 1 aliphatic rings. The van der Waals surface area contributed by atoms with Crippen molar-refractivity contribution in [2.75, 3.05) is 13.1 Å². The topological polar surface area (TPSA) is 72.4 Å². The highest BCUT2D eigenvalue weighted by Gasteiger charge is 2.32. The molecule has 4 rings (SSSR count). The third-order valence-corrected chi connectivity index (χ3v) is 5.01. The summed E-state index contributed by atoms with van der Waals surface area (Å²) in [5.74, 6) is 2.75. The number of aromatic nitrogens is 2. The van der Waals surface area contributed by atoms with Crippen LogP contribution in [-0.4, -0.2) is 34.0 Å². The summed E-state index contributed by atoms with van der Waals surface area (Å²) >= 11 is 1.59. The lowest BCUT2D eigenvalue weighted by atomic mass is 10.1. The fourth-order valence-electron chi connectivity index (χ4n) is 3.07. The van der Waals surface area contributed by atoms with Crippen molar-refractivity contribution in [1.82, 2.24) is 15.0 Å². The second-order valence-electron chi connectivity index (χ2n) is 6.03. The normalized spacial score (nSPS) is 17.6. The standard InChI is InChI=1S/C17H17N3O3S/c1-10-7-14(11(2)22-10)17(21)20-5-3-12(8-20)15-18-16(23-19-15)13-4-6-24-9-13/h4,6-7,9,12H,3,5,8H2,1-2H3. The molecule has 3 aromatic heterocycles. The second-order valence-corrected chi connectivity index (χ2v) is 6.81. The van der Waals surface area contributed by atoms with E-state index in [4.69, 9.17) is 8.94 Å². The van der Waals surface area contributed by atoms with Crippen LogP contribution < -0.4 is 0 Å². The molecule has 1 atom stereocenters. The van der Waals surface area contributed by atoms with Crippen molar-refractivity contribution in [3.8, 4) is 11.5 Å². The van der Waals surface area contributed by atoms with Gasteiger partial charge in [-0.05, 0) is 37.8 Å². The predicted octanol–water partition coefficient (Wildman–Crippen LogP) is 3.64. The van der Waals surface area contributed by atoms with Gasteiger partial charge < -0.3 is 13.8 Å². The van der Waals surface area contributed by atoms with E-state index in [-0.39, 0.29) is 11.8 Å². The third-order valence-electron chi connectivity index (χ3n) is 4.32. The van der Waals surface area contributed by atoms with Gasteiger partial charge in [-0.2, -0.15) is 16.3 Å². The van der Waals surface area contributed by atoms with E-state index in [1.165, 1.54) is 0 Å². The van der Waals surface area contributed by atoms with Gasteiger partial charge in [-0.1, -0.05) is 5.16 Å². The molecule has 0 bridgehead atoms. The monoisotopic (exact) mass is 343 g/mol. The van der Waals surface area contributed by atoms with E-state index < -0.39 is 0 Å². The van der Waals surface area contributed by atoms with Gasteiger partial charge in [0.25, 0.3) is 11.8 Å². The van der Waals surface area contributed by atoms with E-state index in [2.05, 4.69) is 10.1 Å². The summed E-state index contributed by atoms with van der Waals surface area (Å²) in [4.78, 5) is 19.0. The Morgan fingerprint density at radius 1 is 1.42 bits per heavy atom. The Labute approximate surface area is 143 Å². The Morgan fingerprint density at radius 3 is 3.00 bits per heavy atom. The first kappa shape index (κ1) is 15.1. The molecule has 0 aliphatic carbocycles. The second kappa shape index (κ2) is 5.90. The number of aryl methyl sites for hydroxylation is 2. The number of thiophene rings is 1. The molecule has 7 heteroatoms. The zero-order valence-corrected chi connectivity index (χ0v) is 14.3. The SMILES string of the molecule is Cc1cc(C(=O)N2CCC(c3noc(-c4ccsc4)n3)C2)c(C)o1. The maximum atomic E-state index is 12.7. The highest BCUT2D eigenvalue weighted by molar-refractivity contribution is 7.08. The Morgan fingerprint density at radius 2 is 2.29 bits per heavy atom. The molecule has 0 aromatic carbocycles. The summed E-state index contributed by atoms with van der Waals surface area (Å²) in [6.07, 6.45) is 0.838. The first-order valence-corrected chi connectivity index (χ1v) is 8.78. The number of nitrogens with zero attached hydrogens (tertiary/aromatic N) is 3. The van der Waals surface area contributed by atoms with Crippen molar-refractivity contribution in [1.29, 1.82) is 0 Å². The fraction of sp³-hybridized carbons (Fsp3) is 0.353. The van der Waals surface area contributed by atoms with Crippen LogP contribution in [0.2, 0.25) is 0 Å². The lowest BCUT2D eigenvalue weighted by Gasteiger charge is -2.15. The van der Waals surface area contributed by atoms with Crippen LogP contribution in [0.25, 0.3) is 11.5 Å². The molecule has 24 heavy (non-hydrogen) atoms. The lowest BCUT2D eigenvalue weighted by molar-refractivity contribution is 0.0788. The predicted molar refractivity (Wildman–Crippen MR) is 89.1 cm³/mol. The highest BCUT2D eigenvalue weighted by atomic mass is 32.1. The first-order chi connectivity index (χ1) is 11.6. The Bertz CT molecular complexity index is 866. The maximum absolute atomic E-state index is 12.7. The third kappa shape index (κ3) is 2.65. The fourth-order valence-corrected chi connectivity index (χ4v) is 3.70. The maximum Gasteiger partial charge on any atom is 0.258 e. The summed E-state index contributed by atoms with van der Waals surface area (Å²) in [6.45, 7) is 4.96. The average molecular weight is 343 g/mol. The zero-order valence-electron chi connectivity index (χ0n) is 13.5. The number of hydrogen-bond acceptors (Lipinski definition) is 6. The first-order valence-electron chi connectivity index (χ1n) is 7.84. The van der Waals surface area contributed by atoms with Gasteiger partial charge in [0.2, 0.25) is 0 Å². The summed E-state index contributed by atoms with van der Waals surface area (Å²) in [7, 11) is 0. The van der Waals surface area contributed by atoms with Gasteiger partial charge in [0.15, 0.2) is 5.82 Å². The van der Waals surface area contributed by atoms with Crippen molar-refractivity contribution in [2.45, 2.75) is 26.2 Å². The minimum absolute atomic E-state index is 0.00778. The summed E-state index contributed by atoms with van der Waals surface area (Å²) < 4.78 is 10.8. The Kier molecular flexibility index (Phi) is 3.72. The molecular weight excluding hydrogens is 326 g/mol. The van der Waals surface area contributed by atoms with Crippen LogP contribution in [0.3, 0.4) is 0 Å². The quantitative estimate of drug-likeness (QED) is 0.726. The van der Waals surface area contributed by atoms with Crippen molar-refractivity contribution < 1.29 is 13.7 Å². The van der Waals surface area contributed by atoms with E-state index in [9.17, 15) is 4.79 Å². The van der Waals surface area contributed by atoms with Crippen molar-refractivity contribution in [2.24, 2.45) is 0 Å². The smallest absolute Gasteiger partial charge is 0.258 e. The molecule has 0 spiro atoms. The molecular formula is C17H17N3O3S. The molecule has 4 heterocycles. The minimum atomic E-state index is 0.00778. The van der Waals surface area contributed by atoms with Crippen LogP contribution in [0.5, 0.6) is 0 Å². The van der Waals surface area contributed by atoms with Crippen molar-refractivity contribution in [3.05, 3.63) is 45.8 Å². The van der Waals surface area contributed by atoms with Gasteiger partial charge in [-0.3, -0.25) is 4.79 Å². The van der Waals surface area contributed by atoms with Crippen molar-refractivity contribution >= 4 is 17.2 Å². The van der Waals surface area contributed by atoms with Gasteiger partial charge in [0.1, 0.15) is 11.5 Å². The van der Waals surface area contributed by atoms with Crippen LogP contribution >= 0.6 is 11.3 Å². The summed E-state index contributed by atoms with van der Waals surface area (Å²) in [5.41, 5.74) is 1.58. The molecule has 0 saturated carbocycles. The number of furan rings is 1. The average Bonchev–Trinajstić information content (AvgIpc) is 3.33. The number of rotatable bonds is 3. The van der Waals surface area contributed by atoms with Crippen LogP contribution in [0.15, 0.2) is 31.8 Å². The molecule has 1 unspecified atom stereocenters. The zero-order chi connectivity index (χ0) is 16.7. The van der Waals surface area contributed by atoms with E-state index in [0.717, 1.165) is 17.7 Å². The number of hydrogen-bond donors (Lipinski definition) is 0. The van der Waals surface area contributed by atoms with Crippen LogP contribution in [-0.2, 0) is 0 Å². The Balaban J connectivity index is 1.48. The molecule has 1 aliphatic heterocycles. The molecule has 0 radical (unpaired) electrons. The molecule has 1 fully saturated rings. The molecule has 124 valence electrons. The molecule has 6 nitrogen and oxygen atoms in total. The van der Waals surface area contributed by atoms with E-state index in [1.807, 2.05) is 35.6 Å². The highest BCUT2D eigenvalue weighted by Crippen LogP contribution is 2.29. The van der Waals surface area contributed by atoms with Crippen molar-refractivity contribution in [3.63, 3.8) is 0 Å². The van der Waals surface area contributed by atoms with Crippen LogP contribution in [0, 0.1) is 13.8 Å². The van der Waals surface area contributed by atoms with Gasteiger partial charge in [0, 0.05) is 24.4 Å². The molecule has 1 amide bonds. The van der Waals surface area contributed by atoms with Gasteiger partial charge >= 0.3 is 0 Å². The summed E-state index contributed by atoms with van der Waals surface area (Å²) in [6, 6.07) is 3.75. The molecule has 0 N–H and O–H groups in total. The number of carbonyl (C=O) groups is 1. The van der Waals surface area contributed by atoms with Crippen LogP contribution in [0.4, 0.5) is 0 Å². The number of carbonyl (C=O) groups excluding carboxylic acids is 1. The van der Waals surface area contributed by atoms with Gasteiger partial charge in [-0.15, -0.1) is 0 Å². The van der Waals surface area contributed by atoms with E-state index >= 15 is 0 Å². The molecule has 1 saturated heterocycles. The number of likely N-dealkylation sites (tertiary alicyclic amines) is 1. The van der Waals surface area contributed by atoms with Crippen LogP contribution in [0.1, 0.15) is 40.0 Å². The number of amides is 1.